The highest BCUT2D eigenvalue weighted by Crippen LogP contribution is 2.20. The van der Waals surface area contributed by atoms with Crippen LogP contribution in [0.2, 0.25) is 0 Å². The van der Waals surface area contributed by atoms with Crippen molar-refractivity contribution < 1.29 is 14.3 Å². The van der Waals surface area contributed by atoms with Gasteiger partial charge in [0.15, 0.2) is 0 Å². The molecule has 0 saturated carbocycles. The van der Waals surface area contributed by atoms with E-state index in [0.29, 0.717) is 38.1 Å². The average molecular weight is 431 g/mol. The molecule has 166 valence electrons. The lowest BCUT2D eigenvalue weighted by Crippen LogP contribution is -2.46. The van der Waals surface area contributed by atoms with E-state index in [0.717, 1.165) is 29.4 Å². The first-order valence-corrected chi connectivity index (χ1v) is 11.4. The maximum absolute atomic E-state index is 12.8. The fraction of sp³-hybridized carbons (Fsp3) is 0.333. The number of amides is 2. The Bertz CT molecular complexity index is 1060. The summed E-state index contributed by atoms with van der Waals surface area (Å²) in [7, 11) is 0. The Balaban J connectivity index is 1.20. The summed E-state index contributed by atoms with van der Waals surface area (Å²) < 4.78 is 5.71. The Kier molecular flexibility index (Phi) is 7.05. The van der Waals surface area contributed by atoms with Crippen LogP contribution in [0.25, 0.3) is 10.8 Å². The van der Waals surface area contributed by atoms with Gasteiger partial charge in [0.2, 0.25) is 5.91 Å². The summed E-state index contributed by atoms with van der Waals surface area (Å²) in [5.41, 5.74) is 1.90. The van der Waals surface area contributed by atoms with Gasteiger partial charge in [0.25, 0.3) is 5.91 Å². The molecule has 1 aliphatic heterocycles. The number of nitrogens with one attached hydrogen (secondary N) is 1. The average Bonchev–Trinajstić information content (AvgIpc) is 2.83. The minimum Gasteiger partial charge on any atom is -0.494 e. The molecule has 0 aromatic heterocycles. The van der Waals surface area contributed by atoms with E-state index in [1.807, 2.05) is 78.6 Å². The first-order valence-electron chi connectivity index (χ1n) is 11.4. The van der Waals surface area contributed by atoms with Crippen molar-refractivity contribution in [3.05, 3.63) is 77.9 Å². The minimum absolute atomic E-state index is 0.0418. The number of fused-ring (bicyclic) bond motifs is 1. The van der Waals surface area contributed by atoms with Gasteiger partial charge in [-0.25, -0.2) is 0 Å². The van der Waals surface area contributed by atoms with Crippen molar-refractivity contribution in [1.29, 1.82) is 0 Å². The summed E-state index contributed by atoms with van der Waals surface area (Å²) >= 11 is 0. The van der Waals surface area contributed by atoms with Crippen molar-refractivity contribution in [3.63, 3.8) is 0 Å². The number of likely N-dealkylation sites (tertiary alicyclic amines) is 1. The third kappa shape index (κ3) is 5.47. The van der Waals surface area contributed by atoms with Gasteiger partial charge in [-0.1, -0.05) is 54.1 Å². The second kappa shape index (κ2) is 10.3. The zero-order valence-corrected chi connectivity index (χ0v) is 18.5. The monoisotopic (exact) mass is 430 g/mol. The molecule has 2 amide bonds. The molecule has 4 rings (SSSR count). The Hall–Kier alpha value is -3.34. The van der Waals surface area contributed by atoms with Gasteiger partial charge < -0.3 is 15.0 Å². The van der Waals surface area contributed by atoms with Crippen molar-refractivity contribution >= 4 is 22.6 Å². The van der Waals surface area contributed by atoms with Gasteiger partial charge in [-0.2, -0.15) is 0 Å². The molecule has 1 aliphatic rings. The van der Waals surface area contributed by atoms with Crippen molar-refractivity contribution in [2.45, 2.75) is 38.6 Å². The van der Waals surface area contributed by atoms with E-state index >= 15 is 0 Å². The van der Waals surface area contributed by atoms with E-state index in [2.05, 4.69) is 5.32 Å². The molecule has 3 aromatic rings. The molecule has 1 fully saturated rings. The summed E-state index contributed by atoms with van der Waals surface area (Å²) in [5, 5.41) is 5.19. The standard InChI is InChI=1S/C27H30N2O3/c1-20-11-13-23(14-12-20)32-19-5-10-26(30)29-17-15-22(16-18-29)28-27(31)25-9-4-7-21-6-2-3-8-24(21)25/h2-4,6-9,11-14,22H,5,10,15-19H2,1H3,(H,28,31). The van der Waals surface area contributed by atoms with E-state index < -0.39 is 0 Å². The molecule has 1 N–H and O–H groups in total. The van der Waals surface area contributed by atoms with Gasteiger partial charge >= 0.3 is 0 Å². The number of nitrogens with zero attached hydrogens (tertiary/aromatic N) is 1. The fourth-order valence-corrected chi connectivity index (χ4v) is 4.17. The van der Waals surface area contributed by atoms with Crippen molar-refractivity contribution in [2.24, 2.45) is 0 Å². The quantitative estimate of drug-likeness (QED) is 0.552. The normalized spacial score (nSPS) is 14.3. The number of piperidine rings is 1. The van der Waals surface area contributed by atoms with Crippen LogP contribution >= 0.6 is 0 Å². The molecule has 1 heterocycles. The molecule has 32 heavy (non-hydrogen) atoms. The molecule has 0 atom stereocenters. The number of carbonyl (C=O) groups is 2. The van der Waals surface area contributed by atoms with Crippen LogP contribution in [0.15, 0.2) is 66.7 Å². The molecular formula is C27H30N2O3. The molecule has 0 spiro atoms. The van der Waals surface area contributed by atoms with E-state index in [1.54, 1.807) is 0 Å². The molecule has 0 aliphatic carbocycles. The lowest BCUT2D eigenvalue weighted by molar-refractivity contribution is -0.132. The maximum Gasteiger partial charge on any atom is 0.252 e. The number of ether oxygens (including phenoxy) is 1. The van der Waals surface area contributed by atoms with Crippen LogP contribution in [0.4, 0.5) is 0 Å². The minimum atomic E-state index is -0.0418. The highest BCUT2D eigenvalue weighted by atomic mass is 16.5. The number of hydrogen-bond donors (Lipinski definition) is 1. The van der Waals surface area contributed by atoms with E-state index in [4.69, 9.17) is 4.74 Å². The number of benzene rings is 3. The number of hydrogen-bond acceptors (Lipinski definition) is 3. The Labute approximate surface area is 189 Å². The smallest absolute Gasteiger partial charge is 0.252 e. The lowest BCUT2D eigenvalue weighted by Gasteiger charge is -2.32. The summed E-state index contributed by atoms with van der Waals surface area (Å²) in [6, 6.07) is 21.8. The largest absolute Gasteiger partial charge is 0.494 e. The van der Waals surface area contributed by atoms with Crippen LogP contribution in [0.1, 0.15) is 41.6 Å². The lowest BCUT2D eigenvalue weighted by atomic mass is 10.0. The molecule has 1 saturated heterocycles. The van der Waals surface area contributed by atoms with E-state index in [9.17, 15) is 9.59 Å². The highest BCUT2D eigenvalue weighted by molar-refractivity contribution is 6.07. The van der Waals surface area contributed by atoms with Crippen LogP contribution in [0, 0.1) is 6.92 Å². The summed E-state index contributed by atoms with van der Waals surface area (Å²) in [4.78, 5) is 27.3. The van der Waals surface area contributed by atoms with Crippen LogP contribution in [-0.2, 0) is 4.79 Å². The molecule has 5 heteroatoms. The SMILES string of the molecule is Cc1ccc(OCCCC(=O)N2CCC(NC(=O)c3cccc4ccccc34)CC2)cc1. The first-order chi connectivity index (χ1) is 15.6. The third-order valence-electron chi connectivity index (χ3n) is 6.04. The number of aryl methyl sites for hydroxylation is 1. The molecule has 3 aromatic carbocycles. The Morgan fingerprint density at radius 3 is 2.47 bits per heavy atom. The van der Waals surface area contributed by atoms with E-state index in [-0.39, 0.29) is 17.9 Å². The number of carbonyl (C=O) groups excluding carboxylic acids is 2. The zero-order chi connectivity index (χ0) is 22.3. The fourth-order valence-electron chi connectivity index (χ4n) is 4.17. The zero-order valence-electron chi connectivity index (χ0n) is 18.5. The summed E-state index contributed by atoms with van der Waals surface area (Å²) in [5.74, 6) is 0.960. The summed E-state index contributed by atoms with van der Waals surface area (Å²) in [6.45, 7) is 3.93. The van der Waals surface area contributed by atoms with Gasteiger partial charge in [0, 0.05) is 31.1 Å². The Morgan fingerprint density at radius 2 is 1.69 bits per heavy atom. The third-order valence-corrected chi connectivity index (χ3v) is 6.04. The van der Waals surface area contributed by atoms with Gasteiger partial charge in [-0.05, 0) is 55.2 Å². The van der Waals surface area contributed by atoms with Crippen LogP contribution in [-0.4, -0.2) is 42.5 Å². The van der Waals surface area contributed by atoms with Crippen molar-refractivity contribution in [1.82, 2.24) is 10.2 Å². The molecular weight excluding hydrogens is 400 g/mol. The van der Waals surface area contributed by atoms with Gasteiger partial charge in [-0.3, -0.25) is 9.59 Å². The van der Waals surface area contributed by atoms with Crippen LogP contribution in [0.5, 0.6) is 5.75 Å². The second-order valence-electron chi connectivity index (χ2n) is 8.42. The molecule has 0 radical (unpaired) electrons. The second-order valence-corrected chi connectivity index (χ2v) is 8.42. The van der Waals surface area contributed by atoms with Gasteiger partial charge in [0.1, 0.15) is 5.75 Å². The predicted molar refractivity (Wildman–Crippen MR) is 127 cm³/mol. The first kappa shape index (κ1) is 21.9. The predicted octanol–water partition coefficient (Wildman–Crippen LogP) is 4.73. The Morgan fingerprint density at radius 1 is 0.969 bits per heavy atom. The van der Waals surface area contributed by atoms with Crippen LogP contribution in [0.3, 0.4) is 0 Å². The topological polar surface area (TPSA) is 58.6 Å². The van der Waals surface area contributed by atoms with Crippen molar-refractivity contribution in [3.8, 4) is 5.75 Å². The van der Waals surface area contributed by atoms with Crippen molar-refractivity contribution in [2.75, 3.05) is 19.7 Å². The molecule has 0 bridgehead atoms. The van der Waals surface area contributed by atoms with Gasteiger partial charge in [0.05, 0.1) is 6.61 Å². The summed E-state index contributed by atoms with van der Waals surface area (Å²) in [6.07, 6.45) is 2.74. The molecule has 0 unspecified atom stereocenters. The number of rotatable bonds is 7. The van der Waals surface area contributed by atoms with E-state index in [1.165, 1.54) is 5.56 Å². The highest BCUT2D eigenvalue weighted by Gasteiger charge is 2.24. The van der Waals surface area contributed by atoms with Gasteiger partial charge in [-0.15, -0.1) is 0 Å². The van der Waals surface area contributed by atoms with Crippen LogP contribution < -0.4 is 10.1 Å². The molecule has 5 nitrogen and oxygen atoms in total. The maximum atomic E-state index is 12.8.